The second-order valence-corrected chi connectivity index (χ2v) is 3.55. The molecule has 1 aromatic rings. The molecule has 2 rings (SSSR count). The Morgan fingerprint density at radius 3 is 2.81 bits per heavy atom. The van der Waals surface area contributed by atoms with Gasteiger partial charge in [0, 0.05) is 6.42 Å². The molecule has 1 aromatic carbocycles. The van der Waals surface area contributed by atoms with E-state index in [1.165, 1.54) is 0 Å². The molecule has 1 unspecified atom stereocenters. The average Bonchev–Trinajstić information content (AvgIpc) is 2.35. The maximum atomic E-state index is 9.85. The summed E-state index contributed by atoms with van der Waals surface area (Å²) < 4.78 is 10.9. The smallest absolute Gasteiger partial charge is 0.161 e. The summed E-state index contributed by atoms with van der Waals surface area (Å²) in [5.41, 5.74) is 0.812. The molecule has 1 heterocycles. The summed E-state index contributed by atoms with van der Waals surface area (Å²) >= 11 is 0. The van der Waals surface area contributed by atoms with Crippen molar-refractivity contribution in [3.8, 4) is 23.3 Å². The van der Waals surface area contributed by atoms with Crippen molar-refractivity contribution in [2.24, 2.45) is 0 Å². The molecule has 0 radical (unpaired) electrons. The highest BCUT2D eigenvalue weighted by Gasteiger charge is 2.14. The Morgan fingerprint density at radius 2 is 2.06 bits per heavy atom. The molecule has 0 bridgehead atoms. The van der Waals surface area contributed by atoms with E-state index in [0.29, 0.717) is 25.4 Å². The third-order valence-corrected chi connectivity index (χ3v) is 2.42. The van der Waals surface area contributed by atoms with E-state index in [1.54, 1.807) is 6.92 Å². The molecule has 0 amide bonds. The van der Waals surface area contributed by atoms with Crippen LogP contribution in [0.1, 0.15) is 25.0 Å². The second kappa shape index (κ2) is 4.91. The molecule has 0 fully saturated rings. The molecule has 0 aliphatic carbocycles. The fourth-order valence-electron chi connectivity index (χ4n) is 1.58. The minimum Gasteiger partial charge on any atom is -0.486 e. The second-order valence-electron chi connectivity index (χ2n) is 3.55. The van der Waals surface area contributed by atoms with Crippen LogP contribution in [0.25, 0.3) is 0 Å². The number of ether oxygens (including phenoxy) is 2. The average molecular weight is 218 g/mol. The largest absolute Gasteiger partial charge is 0.486 e. The van der Waals surface area contributed by atoms with Crippen LogP contribution in [0.3, 0.4) is 0 Å². The van der Waals surface area contributed by atoms with Crippen molar-refractivity contribution in [3.05, 3.63) is 23.8 Å². The number of hydrogen-bond acceptors (Lipinski definition) is 3. The lowest BCUT2D eigenvalue weighted by Crippen LogP contribution is -2.15. The molecule has 3 nitrogen and oxygen atoms in total. The van der Waals surface area contributed by atoms with Gasteiger partial charge >= 0.3 is 0 Å². The molecular formula is C13H14O3. The molecule has 3 heteroatoms. The van der Waals surface area contributed by atoms with Crippen LogP contribution in [0.2, 0.25) is 0 Å². The Kier molecular flexibility index (Phi) is 3.33. The lowest BCUT2D eigenvalue weighted by Gasteiger charge is -2.19. The summed E-state index contributed by atoms with van der Waals surface area (Å²) in [6.07, 6.45) is -0.126. The van der Waals surface area contributed by atoms with Crippen molar-refractivity contribution >= 4 is 0 Å². The maximum absolute atomic E-state index is 9.85. The van der Waals surface area contributed by atoms with Crippen LogP contribution in [0.4, 0.5) is 0 Å². The highest BCUT2D eigenvalue weighted by atomic mass is 16.6. The summed E-state index contributed by atoms with van der Waals surface area (Å²) in [7, 11) is 0. The Morgan fingerprint density at radius 1 is 1.31 bits per heavy atom. The van der Waals surface area contributed by atoms with Gasteiger partial charge in [0.15, 0.2) is 11.5 Å². The topological polar surface area (TPSA) is 38.7 Å². The van der Waals surface area contributed by atoms with Crippen molar-refractivity contribution < 1.29 is 14.6 Å². The van der Waals surface area contributed by atoms with E-state index in [9.17, 15) is 5.11 Å². The molecule has 16 heavy (non-hydrogen) atoms. The fourth-order valence-corrected chi connectivity index (χ4v) is 1.58. The van der Waals surface area contributed by atoms with E-state index in [-0.39, 0.29) is 0 Å². The van der Waals surface area contributed by atoms with Crippen LogP contribution in [0.15, 0.2) is 18.2 Å². The van der Waals surface area contributed by atoms with Gasteiger partial charge in [0.2, 0.25) is 0 Å². The first-order chi connectivity index (χ1) is 7.81. The van der Waals surface area contributed by atoms with Crippen LogP contribution >= 0.6 is 0 Å². The van der Waals surface area contributed by atoms with E-state index in [2.05, 4.69) is 11.8 Å². The van der Waals surface area contributed by atoms with Gasteiger partial charge in [-0.3, -0.25) is 0 Å². The van der Waals surface area contributed by atoms with Crippen LogP contribution < -0.4 is 9.47 Å². The van der Waals surface area contributed by atoms with E-state index in [4.69, 9.17) is 9.47 Å². The molecular weight excluding hydrogens is 204 g/mol. The molecule has 0 saturated carbocycles. The van der Waals surface area contributed by atoms with Gasteiger partial charge in [-0.1, -0.05) is 6.07 Å². The van der Waals surface area contributed by atoms with Gasteiger partial charge < -0.3 is 14.6 Å². The molecule has 1 N–H and O–H groups in total. The predicted molar refractivity (Wildman–Crippen MR) is 60.5 cm³/mol. The van der Waals surface area contributed by atoms with Gasteiger partial charge in [0.1, 0.15) is 13.2 Å². The van der Waals surface area contributed by atoms with E-state index in [0.717, 1.165) is 11.3 Å². The van der Waals surface area contributed by atoms with Crippen LogP contribution in [0.5, 0.6) is 11.5 Å². The van der Waals surface area contributed by atoms with Gasteiger partial charge in [-0.05, 0) is 24.6 Å². The summed E-state index contributed by atoms with van der Waals surface area (Å²) in [5, 5.41) is 9.85. The fraction of sp³-hybridized carbons (Fsp3) is 0.385. The van der Waals surface area contributed by atoms with Crippen molar-refractivity contribution in [1.82, 2.24) is 0 Å². The SMILES string of the molecule is CC#CCC(O)c1ccc2c(c1)OCCO2. The highest BCUT2D eigenvalue weighted by molar-refractivity contribution is 5.44. The van der Waals surface area contributed by atoms with Crippen molar-refractivity contribution in [2.75, 3.05) is 13.2 Å². The standard InChI is InChI=1S/C13H14O3/c1-2-3-4-11(14)10-5-6-12-13(9-10)16-8-7-15-12/h5-6,9,11,14H,4,7-8H2,1H3. The lowest BCUT2D eigenvalue weighted by molar-refractivity contribution is 0.166. The molecule has 1 aliphatic heterocycles. The summed E-state index contributed by atoms with van der Waals surface area (Å²) in [6.45, 7) is 2.90. The quantitative estimate of drug-likeness (QED) is 0.770. The number of hydrogen-bond donors (Lipinski definition) is 1. The number of benzene rings is 1. The molecule has 1 aliphatic rings. The summed E-state index contributed by atoms with van der Waals surface area (Å²) in [6, 6.07) is 5.48. The van der Waals surface area contributed by atoms with Crippen molar-refractivity contribution in [1.29, 1.82) is 0 Å². The van der Waals surface area contributed by atoms with Gasteiger partial charge in [-0.2, -0.15) is 0 Å². The van der Waals surface area contributed by atoms with Gasteiger partial charge in [0.05, 0.1) is 6.10 Å². The monoisotopic (exact) mass is 218 g/mol. The Bertz CT molecular complexity index is 429. The van der Waals surface area contributed by atoms with Crippen LogP contribution in [0, 0.1) is 11.8 Å². The van der Waals surface area contributed by atoms with Gasteiger partial charge in [-0.25, -0.2) is 0 Å². The molecule has 1 atom stereocenters. The number of aliphatic hydroxyl groups is 1. The highest BCUT2D eigenvalue weighted by Crippen LogP contribution is 2.33. The minimum absolute atomic E-state index is 0.441. The summed E-state index contributed by atoms with van der Waals surface area (Å²) in [4.78, 5) is 0. The normalized spacial score (nSPS) is 14.9. The number of fused-ring (bicyclic) bond motifs is 1. The first-order valence-electron chi connectivity index (χ1n) is 5.28. The number of aliphatic hydroxyl groups excluding tert-OH is 1. The zero-order chi connectivity index (χ0) is 11.4. The molecule has 0 saturated heterocycles. The third-order valence-electron chi connectivity index (χ3n) is 2.42. The zero-order valence-corrected chi connectivity index (χ0v) is 9.19. The maximum Gasteiger partial charge on any atom is 0.161 e. The van der Waals surface area contributed by atoms with E-state index < -0.39 is 6.10 Å². The Balaban J connectivity index is 2.18. The van der Waals surface area contributed by atoms with Gasteiger partial charge in [0.25, 0.3) is 0 Å². The predicted octanol–water partition coefficient (Wildman–Crippen LogP) is 1.90. The van der Waals surface area contributed by atoms with E-state index >= 15 is 0 Å². The minimum atomic E-state index is -0.566. The summed E-state index contributed by atoms with van der Waals surface area (Å²) in [5.74, 6) is 7.06. The van der Waals surface area contributed by atoms with Crippen molar-refractivity contribution in [3.63, 3.8) is 0 Å². The Labute approximate surface area is 95.0 Å². The molecule has 0 spiro atoms. The van der Waals surface area contributed by atoms with Crippen LogP contribution in [-0.2, 0) is 0 Å². The molecule has 0 aromatic heterocycles. The lowest BCUT2D eigenvalue weighted by atomic mass is 10.1. The Hall–Kier alpha value is -1.66. The van der Waals surface area contributed by atoms with E-state index in [1.807, 2.05) is 18.2 Å². The zero-order valence-electron chi connectivity index (χ0n) is 9.19. The number of rotatable bonds is 2. The molecule has 84 valence electrons. The third kappa shape index (κ3) is 2.29. The first-order valence-corrected chi connectivity index (χ1v) is 5.28. The first kappa shape index (κ1) is 10.8. The van der Waals surface area contributed by atoms with Crippen molar-refractivity contribution in [2.45, 2.75) is 19.4 Å². The van der Waals surface area contributed by atoms with Crippen LogP contribution in [-0.4, -0.2) is 18.3 Å². The van der Waals surface area contributed by atoms with Gasteiger partial charge in [-0.15, -0.1) is 11.8 Å².